The summed E-state index contributed by atoms with van der Waals surface area (Å²) in [4.78, 5) is 30.6. The minimum atomic E-state index is -0.481. The van der Waals surface area contributed by atoms with Crippen molar-refractivity contribution in [1.29, 1.82) is 0 Å². The number of hydrogen-bond donors (Lipinski definition) is 0. The summed E-state index contributed by atoms with van der Waals surface area (Å²) in [5.74, 6) is 0.939. The van der Waals surface area contributed by atoms with Gasteiger partial charge in [0.15, 0.2) is 0 Å². The predicted octanol–water partition coefficient (Wildman–Crippen LogP) is 4.82. The van der Waals surface area contributed by atoms with Crippen molar-refractivity contribution in [1.82, 2.24) is 4.90 Å². The minimum absolute atomic E-state index is 0.0334. The molecule has 2 amide bonds. The van der Waals surface area contributed by atoms with Gasteiger partial charge in [-0.15, -0.1) is 0 Å². The van der Waals surface area contributed by atoms with Gasteiger partial charge in [0.25, 0.3) is 0 Å². The van der Waals surface area contributed by atoms with Gasteiger partial charge >= 0.3 is 0 Å². The van der Waals surface area contributed by atoms with Crippen molar-refractivity contribution in [3.05, 3.63) is 59.9 Å². The largest absolute Gasteiger partial charge is 0.497 e. The first kappa shape index (κ1) is 22.3. The number of amides is 2. The summed E-state index contributed by atoms with van der Waals surface area (Å²) in [7, 11) is 1.59. The Morgan fingerprint density at radius 1 is 1.00 bits per heavy atom. The van der Waals surface area contributed by atoms with Crippen LogP contribution in [0.5, 0.6) is 5.75 Å². The number of anilines is 1. The van der Waals surface area contributed by atoms with Crippen molar-refractivity contribution in [2.45, 2.75) is 39.2 Å². The number of nitrogens with zero attached hydrogens (tertiary/aromatic N) is 2. The third-order valence-corrected chi connectivity index (χ3v) is 6.66. The van der Waals surface area contributed by atoms with Crippen molar-refractivity contribution in [2.24, 2.45) is 17.8 Å². The van der Waals surface area contributed by atoms with Crippen molar-refractivity contribution >= 4 is 17.5 Å². The van der Waals surface area contributed by atoms with E-state index in [1.54, 1.807) is 24.1 Å². The monoisotopic (exact) mass is 438 g/mol. The lowest BCUT2D eigenvalue weighted by atomic mass is 9.81. The average molecular weight is 439 g/mol. The van der Waals surface area contributed by atoms with Gasteiger partial charge in [-0.1, -0.05) is 26.0 Å². The second kappa shape index (κ2) is 9.31. The number of methoxy groups -OCH3 is 1. The number of rotatable bonds is 4. The first-order chi connectivity index (χ1) is 15.4. The molecule has 0 saturated carbocycles. The van der Waals surface area contributed by atoms with Crippen LogP contribution in [-0.4, -0.2) is 36.9 Å². The van der Waals surface area contributed by atoms with E-state index >= 15 is 0 Å². The van der Waals surface area contributed by atoms with Crippen LogP contribution < -0.4 is 9.64 Å². The highest BCUT2D eigenvalue weighted by molar-refractivity contribution is 5.97. The van der Waals surface area contributed by atoms with Crippen LogP contribution in [0, 0.1) is 23.6 Å². The number of hydrogen-bond acceptors (Lipinski definition) is 3. The number of halogens is 1. The van der Waals surface area contributed by atoms with E-state index in [1.165, 1.54) is 12.1 Å². The molecule has 2 aliphatic rings. The van der Waals surface area contributed by atoms with Crippen LogP contribution in [0.2, 0.25) is 0 Å². The third kappa shape index (κ3) is 4.50. The van der Waals surface area contributed by atoms with Crippen LogP contribution in [-0.2, 0) is 9.59 Å². The Hall–Kier alpha value is -2.89. The van der Waals surface area contributed by atoms with E-state index in [1.807, 2.05) is 29.2 Å². The summed E-state index contributed by atoms with van der Waals surface area (Å²) in [6.45, 7) is 5.85. The molecule has 170 valence electrons. The topological polar surface area (TPSA) is 49.9 Å². The Balaban J connectivity index is 1.73. The van der Waals surface area contributed by atoms with Gasteiger partial charge in [0.2, 0.25) is 11.8 Å². The maximum Gasteiger partial charge on any atom is 0.228 e. The predicted molar refractivity (Wildman–Crippen MR) is 122 cm³/mol. The molecule has 2 heterocycles. The lowest BCUT2D eigenvalue weighted by Gasteiger charge is -2.44. The maximum absolute atomic E-state index is 13.8. The van der Waals surface area contributed by atoms with Crippen LogP contribution in [0.3, 0.4) is 0 Å². The van der Waals surface area contributed by atoms with Gasteiger partial charge in [-0.3, -0.25) is 9.59 Å². The Labute approximate surface area is 189 Å². The number of benzene rings is 2. The van der Waals surface area contributed by atoms with Gasteiger partial charge in [0.1, 0.15) is 11.6 Å². The van der Waals surface area contributed by atoms with Gasteiger partial charge in [-0.25, -0.2) is 4.39 Å². The van der Waals surface area contributed by atoms with Crippen molar-refractivity contribution in [3.63, 3.8) is 0 Å². The van der Waals surface area contributed by atoms with Crippen LogP contribution >= 0.6 is 0 Å². The van der Waals surface area contributed by atoms with Gasteiger partial charge in [-0.05, 0) is 66.6 Å². The first-order valence-corrected chi connectivity index (χ1v) is 11.4. The number of ether oxygens (including phenoxy) is 1. The van der Waals surface area contributed by atoms with Gasteiger partial charge in [0.05, 0.1) is 19.1 Å². The standard InChI is InChI=1S/C26H31FN2O3/c1-17-14-18(2)16-28(15-17)26(31)23-12-13-24(30)29(21-8-10-22(32-3)11-9-21)25(23)19-4-6-20(27)7-5-19/h4-11,17-18,23,25H,12-16H2,1-3H3/t17-,18+,23-,25-/m1/s1. The van der Waals surface area contributed by atoms with Gasteiger partial charge in [-0.2, -0.15) is 0 Å². The molecule has 2 saturated heterocycles. The van der Waals surface area contributed by atoms with E-state index in [0.29, 0.717) is 36.1 Å². The molecule has 4 atom stereocenters. The van der Waals surface area contributed by atoms with Gasteiger partial charge < -0.3 is 14.5 Å². The molecule has 0 bridgehead atoms. The molecular weight excluding hydrogens is 407 g/mol. The van der Waals surface area contributed by atoms with Crippen LogP contribution in [0.15, 0.2) is 48.5 Å². The normalized spacial score (nSPS) is 26.2. The molecule has 32 heavy (non-hydrogen) atoms. The summed E-state index contributed by atoms with van der Waals surface area (Å²) in [6.07, 6.45) is 1.91. The van der Waals surface area contributed by atoms with E-state index in [0.717, 1.165) is 25.1 Å². The Bertz CT molecular complexity index is 950. The summed E-state index contributed by atoms with van der Waals surface area (Å²) >= 11 is 0. The second-order valence-corrected chi connectivity index (χ2v) is 9.29. The van der Waals surface area contributed by atoms with Crippen molar-refractivity contribution in [2.75, 3.05) is 25.1 Å². The SMILES string of the molecule is COc1ccc(N2C(=O)CC[C@@H](C(=O)N3C[C@H](C)C[C@H](C)C3)[C@H]2c2ccc(F)cc2)cc1. The van der Waals surface area contributed by atoms with E-state index in [9.17, 15) is 14.0 Å². The molecule has 0 aromatic heterocycles. The Morgan fingerprint density at radius 3 is 2.22 bits per heavy atom. The van der Waals surface area contributed by atoms with Crippen LogP contribution in [0.4, 0.5) is 10.1 Å². The smallest absolute Gasteiger partial charge is 0.228 e. The fourth-order valence-corrected chi connectivity index (χ4v) is 5.32. The summed E-state index contributed by atoms with van der Waals surface area (Å²) in [6, 6.07) is 13.0. The lowest BCUT2D eigenvalue weighted by Crippen LogP contribution is -2.52. The number of carbonyl (C=O) groups is 2. The molecule has 0 unspecified atom stereocenters. The summed E-state index contributed by atoms with van der Waals surface area (Å²) in [5, 5.41) is 0. The summed E-state index contributed by atoms with van der Waals surface area (Å²) < 4.78 is 19.0. The van der Waals surface area contributed by atoms with E-state index in [2.05, 4.69) is 13.8 Å². The zero-order valence-corrected chi connectivity index (χ0v) is 19.0. The van der Waals surface area contributed by atoms with E-state index < -0.39 is 6.04 Å². The van der Waals surface area contributed by atoms with Crippen LogP contribution in [0.1, 0.15) is 44.7 Å². The first-order valence-electron chi connectivity index (χ1n) is 11.4. The lowest BCUT2D eigenvalue weighted by molar-refractivity contribution is -0.141. The molecular formula is C26H31FN2O3. The molecule has 2 aliphatic heterocycles. The molecule has 0 aliphatic carbocycles. The minimum Gasteiger partial charge on any atom is -0.497 e. The highest BCUT2D eigenvalue weighted by atomic mass is 19.1. The molecule has 6 heteroatoms. The fraction of sp³-hybridized carbons (Fsp3) is 0.462. The Morgan fingerprint density at radius 2 is 1.62 bits per heavy atom. The van der Waals surface area contributed by atoms with E-state index in [-0.39, 0.29) is 23.5 Å². The third-order valence-electron chi connectivity index (χ3n) is 6.66. The quantitative estimate of drug-likeness (QED) is 0.688. The number of carbonyl (C=O) groups excluding carboxylic acids is 2. The second-order valence-electron chi connectivity index (χ2n) is 9.29. The molecule has 0 N–H and O–H groups in total. The number of likely N-dealkylation sites (tertiary alicyclic amines) is 1. The molecule has 4 rings (SSSR count). The molecule has 0 spiro atoms. The molecule has 2 aromatic rings. The molecule has 2 aromatic carbocycles. The fourth-order valence-electron chi connectivity index (χ4n) is 5.32. The highest BCUT2D eigenvalue weighted by Gasteiger charge is 2.43. The highest BCUT2D eigenvalue weighted by Crippen LogP contribution is 2.41. The zero-order chi connectivity index (χ0) is 22.8. The van der Waals surface area contributed by atoms with Gasteiger partial charge in [0, 0.05) is 25.2 Å². The van der Waals surface area contributed by atoms with Crippen LogP contribution in [0.25, 0.3) is 0 Å². The molecule has 5 nitrogen and oxygen atoms in total. The van der Waals surface area contributed by atoms with Crippen molar-refractivity contribution < 1.29 is 18.7 Å². The Kier molecular flexibility index (Phi) is 6.49. The maximum atomic E-state index is 13.8. The molecule has 0 radical (unpaired) electrons. The zero-order valence-electron chi connectivity index (χ0n) is 19.0. The van der Waals surface area contributed by atoms with Crippen molar-refractivity contribution in [3.8, 4) is 5.75 Å². The summed E-state index contributed by atoms with van der Waals surface area (Å²) in [5.41, 5.74) is 1.48. The van der Waals surface area contributed by atoms with E-state index in [4.69, 9.17) is 4.74 Å². The number of piperidine rings is 2. The molecule has 2 fully saturated rings. The average Bonchev–Trinajstić information content (AvgIpc) is 2.78.